The predicted octanol–water partition coefficient (Wildman–Crippen LogP) is 3.49. The molecule has 2 fully saturated rings. The highest BCUT2D eigenvalue weighted by Crippen LogP contribution is 2.42. The zero-order valence-electron chi connectivity index (χ0n) is 18.2. The maximum Gasteiger partial charge on any atom is 0.416 e. The first-order valence-electron chi connectivity index (χ1n) is 10.6. The van der Waals surface area contributed by atoms with E-state index < -0.39 is 36.0 Å². The lowest BCUT2D eigenvalue weighted by molar-refractivity contribution is -0.143. The maximum absolute atomic E-state index is 13.2. The van der Waals surface area contributed by atoms with Crippen molar-refractivity contribution < 1.29 is 36.2 Å². The molecule has 16 heteroatoms. The number of aliphatic carboxylic acids is 1. The van der Waals surface area contributed by atoms with Crippen LogP contribution >= 0.6 is 11.3 Å². The van der Waals surface area contributed by atoms with Gasteiger partial charge in [-0.2, -0.15) is 31.1 Å². The molecule has 0 saturated carbocycles. The fourth-order valence-corrected chi connectivity index (χ4v) is 5.38. The van der Waals surface area contributed by atoms with Gasteiger partial charge in [-0.25, -0.2) is 4.98 Å². The number of fused-ring (bicyclic) bond motifs is 1. The summed E-state index contributed by atoms with van der Waals surface area (Å²) in [5, 5.41) is 21.0. The summed E-state index contributed by atoms with van der Waals surface area (Å²) < 4.78 is 79.4. The van der Waals surface area contributed by atoms with Crippen molar-refractivity contribution in [3.63, 3.8) is 0 Å². The quantitative estimate of drug-likeness (QED) is 0.498. The molecule has 2 saturated heterocycles. The first-order chi connectivity index (χ1) is 16.9. The molecular weight excluding hydrogens is 516 g/mol. The molecule has 2 aromatic heterocycles. The molecule has 0 amide bonds. The SMILES string of the molecule is O=C(O)Cn1nnc(-c2cnc(N3CC4CN(c5cc(C(F)(F)F)cc(C(F)(F)F)c5)CC4C3)s2)n1. The van der Waals surface area contributed by atoms with E-state index in [-0.39, 0.29) is 29.4 Å². The Morgan fingerprint density at radius 3 is 2.11 bits per heavy atom. The lowest BCUT2D eigenvalue weighted by atomic mass is 10.0. The van der Waals surface area contributed by atoms with Gasteiger partial charge in [0.15, 0.2) is 11.7 Å². The number of carboxylic acid groups (broad SMARTS) is 1. The topological polar surface area (TPSA) is 100 Å². The number of hydrogen-bond acceptors (Lipinski definition) is 8. The van der Waals surface area contributed by atoms with Crippen molar-refractivity contribution in [2.45, 2.75) is 18.9 Å². The molecule has 0 aliphatic carbocycles. The van der Waals surface area contributed by atoms with Gasteiger partial charge in [-0.15, -0.1) is 10.2 Å². The fourth-order valence-electron chi connectivity index (χ4n) is 4.53. The van der Waals surface area contributed by atoms with Gasteiger partial charge >= 0.3 is 18.3 Å². The second-order valence-electron chi connectivity index (χ2n) is 8.64. The fraction of sp³-hybridized carbons (Fsp3) is 0.450. The third-order valence-electron chi connectivity index (χ3n) is 6.14. The van der Waals surface area contributed by atoms with Gasteiger partial charge in [0.1, 0.15) is 0 Å². The van der Waals surface area contributed by atoms with Crippen LogP contribution < -0.4 is 9.80 Å². The second-order valence-corrected chi connectivity index (χ2v) is 9.65. The van der Waals surface area contributed by atoms with Gasteiger partial charge in [0.2, 0.25) is 5.82 Å². The molecule has 2 atom stereocenters. The molecule has 3 aromatic rings. The number of alkyl halides is 6. The molecule has 2 aliphatic heterocycles. The van der Waals surface area contributed by atoms with Crippen LogP contribution in [0.1, 0.15) is 11.1 Å². The molecule has 1 N–H and O–H groups in total. The van der Waals surface area contributed by atoms with E-state index in [4.69, 9.17) is 5.11 Å². The number of carbonyl (C=O) groups is 1. The van der Waals surface area contributed by atoms with E-state index in [0.717, 1.165) is 16.9 Å². The Morgan fingerprint density at radius 2 is 1.56 bits per heavy atom. The van der Waals surface area contributed by atoms with Crippen LogP contribution in [0.25, 0.3) is 10.7 Å². The summed E-state index contributed by atoms with van der Waals surface area (Å²) in [5.41, 5.74) is -2.74. The molecule has 0 spiro atoms. The standard InChI is InChI=1S/C20H17F6N7O2S/c21-19(22,23)12-1-13(20(24,25)26)3-14(2-12)31-5-10-7-32(8-11(10)6-31)18-27-4-15(36-18)17-28-30-33(29-17)9-16(34)35/h1-4,10-11H,5-9H2,(H,34,35). The van der Waals surface area contributed by atoms with E-state index in [9.17, 15) is 31.1 Å². The molecule has 192 valence electrons. The molecule has 4 heterocycles. The summed E-state index contributed by atoms with van der Waals surface area (Å²) in [6.07, 6.45) is -8.23. The number of tetrazole rings is 1. The van der Waals surface area contributed by atoms with Crippen molar-refractivity contribution in [1.82, 2.24) is 25.2 Å². The molecule has 36 heavy (non-hydrogen) atoms. The molecular formula is C20H17F6N7O2S. The normalized spacial score (nSPS) is 20.3. The molecule has 2 aliphatic rings. The number of nitrogens with zero attached hydrogens (tertiary/aromatic N) is 7. The monoisotopic (exact) mass is 533 g/mol. The van der Waals surface area contributed by atoms with Gasteiger partial charge < -0.3 is 14.9 Å². The third-order valence-corrected chi connectivity index (χ3v) is 7.19. The van der Waals surface area contributed by atoms with Crippen LogP contribution in [0.3, 0.4) is 0 Å². The van der Waals surface area contributed by atoms with Gasteiger partial charge in [-0.05, 0) is 23.4 Å². The highest BCUT2D eigenvalue weighted by molar-refractivity contribution is 7.18. The molecule has 1 aromatic carbocycles. The number of hydrogen-bond donors (Lipinski definition) is 1. The van der Waals surface area contributed by atoms with Gasteiger partial charge in [0.25, 0.3) is 0 Å². The zero-order valence-corrected chi connectivity index (χ0v) is 19.0. The smallest absolute Gasteiger partial charge is 0.416 e. The van der Waals surface area contributed by atoms with Crippen molar-refractivity contribution in [2.24, 2.45) is 11.8 Å². The van der Waals surface area contributed by atoms with Crippen LogP contribution in [0.5, 0.6) is 0 Å². The zero-order chi connectivity index (χ0) is 25.8. The number of aromatic nitrogens is 5. The Balaban J connectivity index is 1.28. The van der Waals surface area contributed by atoms with Crippen LogP contribution in [0, 0.1) is 11.8 Å². The number of carboxylic acids is 1. The Labute approximate surface area is 202 Å². The minimum atomic E-state index is -4.89. The first-order valence-corrected chi connectivity index (χ1v) is 11.4. The average molecular weight is 533 g/mol. The van der Waals surface area contributed by atoms with E-state index >= 15 is 0 Å². The number of rotatable bonds is 5. The van der Waals surface area contributed by atoms with Gasteiger partial charge in [-0.1, -0.05) is 11.3 Å². The van der Waals surface area contributed by atoms with Crippen molar-refractivity contribution in [3.05, 3.63) is 35.5 Å². The van der Waals surface area contributed by atoms with Crippen molar-refractivity contribution >= 4 is 28.1 Å². The summed E-state index contributed by atoms with van der Waals surface area (Å²) in [4.78, 5) is 20.3. The van der Waals surface area contributed by atoms with Gasteiger partial charge in [0, 0.05) is 43.7 Å². The third kappa shape index (κ3) is 4.81. The van der Waals surface area contributed by atoms with Crippen LogP contribution in [0.4, 0.5) is 37.2 Å². The number of halogens is 6. The molecule has 9 nitrogen and oxygen atoms in total. The molecule has 0 bridgehead atoms. The highest BCUT2D eigenvalue weighted by Gasteiger charge is 2.43. The lowest BCUT2D eigenvalue weighted by Gasteiger charge is -2.24. The van der Waals surface area contributed by atoms with Crippen molar-refractivity contribution in [1.29, 1.82) is 0 Å². The average Bonchev–Trinajstić information content (AvgIpc) is 3.54. The molecule has 0 radical (unpaired) electrons. The van der Waals surface area contributed by atoms with Crippen LogP contribution in [-0.4, -0.2) is 62.4 Å². The van der Waals surface area contributed by atoms with Crippen molar-refractivity contribution in [3.8, 4) is 10.7 Å². The minimum Gasteiger partial charge on any atom is -0.480 e. The number of anilines is 2. The summed E-state index contributed by atoms with van der Waals surface area (Å²) in [6, 6.07) is 1.68. The Morgan fingerprint density at radius 1 is 0.972 bits per heavy atom. The lowest BCUT2D eigenvalue weighted by Crippen LogP contribution is -2.29. The second kappa shape index (κ2) is 8.60. The van der Waals surface area contributed by atoms with E-state index in [1.54, 1.807) is 11.1 Å². The highest BCUT2D eigenvalue weighted by atomic mass is 32.1. The Hall–Kier alpha value is -3.43. The largest absolute Gasteiger partial charge is 0.480 e. The van der Waals surface area contributed by atoms with Crippen LogP contribution in [-0.2, 0) is 23.7 Å². The minimum absolute atomic E-state index is 0.0378. The van der Waals surface area contributed by atoms with E-state index in [2.05, 4.69) is 20.4 Å². The first kappa shape index (κ1) is 24.3. The van der Waals surface area contributed by atoms with E-state index in [0.29, 0.717) is 36.2 Å². The van der Waals surface area contributed by atoms with Crippen LogP contribution in [0.2, 0.25) is 0 Å². The Kier molecular flexibility index (Phi) is 5.80. The van der Waals surface area contributed by atoms with E-state index in [1.165, 1.54) is 11.3 Å². The van der Waals surface area contributed by atoms with Gasteiger partial charge in [-0.3, -0.25) is 4.79 Å². The maximum atomic E-state index is 13.2. The van der Waals surface area contributed by atoms with Gasteiger partial charge in [0.05, 0.1) is 22.2 Å². The molecule has 2 unspecified atom stereocenters. The van der Waals surface area contributed by atoms with Crippen LogP contribution in [0.15, 0.2) is 24.4 Å². The Bertz CT molecular complexity index is 1240. The molecule has 5 rings (SSSR count). The van der Waals surface area contributed by atoms with E-state index in [1.807, 2.05) is 4.90 Å². The van der Waals surface area contributed by atoms with Crippen molar-refractivity contribution in [2.75, 3.05) is 36.0 Å². The number of benzene rings is 1. The summed E-state index contributed by atoms with van der Waals surface area (Å²) in [5.74, 6) is -0.802. The number of thiazole rings is 1. The predicted molar refractivity (Wildman–Crippen MR) is 114 cm³/mol. The summed E-state index contributed by atoms with van der Waals surface area (Å²) in [7, 11) is 0. The summed E-state index contributed by atoms with van der Waals surface area (Å²) in [6.45, 7) is 1.30. The summed E-state index contributed by atoms with van der Waals surface area (Å²) >= 11 is 1.29.